The molecule has 0 atom stereocenters. The van der Waals surface area contributed by atoms with Crippen molar-refractivity contribution in [1.29, 1.82) is 0 Å². The van der Waals surface area contributed by atoms with Crippen LogP contribution in [0.2, 0.25) is 0 Å². The molecule has 0 aliphatic rings. The first-order valence-electron chi connectivity index (χ1n) is 9.45. The molecular formula is C22H25N3O4. The SMILES string of the molecule is COc1ccc(-c2noc(CCC(=O)Nc3ccc(C(C)C)cc3)n2)cc1OC. The van der Waals surface area contributed by atoms with Gasteiger partial charge in [0.1, 0.15) is 0 Å². The number of anilines is 1. The first-order valence-corrected chi connectivity index (χ1v) is 9.45. The van der Waals surface area contributed by atoms with Gasteiger partial charge in [0.2, 0.25) is 17.6 Å². The minimum absolute atomic E-state index is 0.104. The van der Waals surface area contributed by atoms with Crippen LogP contribution in [0.15, 0.2) is 47.0 Å². The van der Waals surface area contributed by atoms with Crippen molar-refractivity contribution in [3.05, 3.63) is 53.9 Å². The van der Waals surface area contributed by atoms with Crippen molar-refractivity contribution >= 4 is 11.6 Å². The number of methoxy groups -OCH3 is 2. The molecule has 2 aromatic carbocycles. The number of carbonyl (C=O) groups is 1. The topological polar surface area (TPSA) is 86.5 Å². The van der Waals surface area contributed by atoms with Crippen molar-refractivity contribution in [2.45, 2.75) is 32.6 Å². The molecule has 1 N–H and O–H groups in total. The van der Waals surface area contributed by atoms with E-state index in [-0.39, 0.29) is 12.3 Å². The second kappa shape index (κ2) is 9.23. The Kier molecular flexibility index (Phi) is 6.49. The van der Waals surface area contributed by atoms with Crippen LogP contribution in [0.1, 0.15) is 37.6 Å². The Morgan fingerprint density at radius 3 is 2.45 bits per heavy atom. The van der Waals surface area contributed by atoms with Crippen molar-refractivity contribution in [2.75, 3.05) is 19.5 Å². The van der Waals surface area contributed by atoms with Crippen molar-refractivity contribution in [2.24, 2.45) is 0 Å². The van der Waals surface area contributed by atoms with E-state index >= 15 is 0 Å². The zero-order valence-corrected chi connectivity index (χ0v) is 17.1. The molecule has 0 unspecified atom stereocenters. The van der Waals surface area contributed by atoms with Crippen LogP contribution in [0.4, 0.5) is 5.69 Å². The van der Waals surface area contributed by atoms with Gasteiger partial charge in [-0.3, -0.25) is 4.79 Å². The Bertz CT molecular complexity index is 964. The number of carbonyl (C=O) groups excluding carboxylic acids is 1. The number of benzene rings is 2. The Morgan fingerprint density at radius 2 is 1.79 bits per heavy atom. The number of nitrogens with zero attached hydrogens (tertiary/aromatic N) is 2. The predicted molar refractivity (Wildman–Crippen MR) is 110 cm³/mol. The van der Waals surface area contributed by atoms with Crippen molar-refractivity contribution < 1.29 is 18.8 Å². The number of rotatable bonds is 8. The van der Waals surface area contributed by atoms with Crippen LogP contribution in [-0.4, -0.2) is 30.3 Å². The average molecular weight is 395 g/mol. The van der Waals surface area contributed by atoms with E-state index in [0.717, 1.165) is 11.3 Å². The van der Waals surface area contributed by atoms with E-state index in [1.165, 1.54) is 5.56 Å². The van der Waals surface area contributed by atoms with Crippen LogP contribution in [0.25, 0.3) is 11.4 Å². The van der Waals surface area contributed by atoms with E-state index in [1.807, 2.05) is 30.3 Å². The quantitative estimate of drug-likeness (QED) is 0.606. The third-order valence-corrected chi connectivity index (χ3v) is 4.54. The maximum absolute atomic E-state index is 12.2. The van der Waals surface area contributed by atoms with Crippen molar-refractivity contribution in [3.8, 4) is 22.9 Å². The number of hydrogen-bond donors (Lipinski definition) is 1. The number of nitrogens with one attached hydrogen (secondary N) is 1. The highest BCUT2D eigenvalue weighted by molar-refractivity contribution is 5.90. The molecular weight excluding hydrogens is 370 g/mol. The second-order valence-corrected chi connectivity index (χ2v) is 6.91. The maximum Gasteiger partial charge on any atom is 0.227 e. The third kappa shape index (κ3) is 5.13. The van der Waals surface area contributed by atoms with E-state index < -0.39 is 0 Å². The summed E-state index contributed by atoms with van der Waals surface area (Å²) < 4.78 is 15.8. The van der Waals surface area contributed by atoms with E-state index in [1.54, 1.807) is 26.4 Å². The minimum atomic E-state index is -0.104. The summed E-state index contributed by atoms with van der Waals surface area (Å²) in [6, 6.07) is 13.2. The number of aromatic nitrogens is 2. The van der Waals surface area contributed by atoms with Gasteiger partial charge in [0.05, 0.1) is 14.2 Å². The van der Waals surface area contributed by atoms with Crippen molar-refractivity contribution in [1.82, 2.24) is 10.1 Å². The molecule has 0 bridgehead atoms. The second-order valence-electron chi connectivity index (χ2n) is 6.91. The number of aryl methyl sites for hydroxylation is 1. The molecule has 0 saturated carbocycles. The Balaban J connectivity index is 1.58. The Labute approximate surface area is 170 Å². The van der Waals surface area contributed by atoms with Gasteiger partial charge in [0.25, 0.3) is 0 Å². The molecule has 1 aromatic heterocycles. The highest BCUT2D eigenvalue weighted by Gasteiger charge is 2.13. The van der Waals surface area contributed by atoms with E-state index in [2.05, 4.69) is 29.3 Å². The maximum atomic E-state index is 12.2. The summed E-state index contributed by atoms with van der Waals surface area (Å²) >= 11 is 0. The molecule has 3 rings (SSSR count). The lowest BCUT2D eigenvalue weighted by Crippen LogP contribution is -2.12. The van der Waals surface area contributed by atoms with Gasteiger partial charge in [-0.15, -0.1) is 0 Å². The van der Waals surface area contributed by atoms with E-state index in [9.17, 15) is 4.79 Å². The fraction of sp³-hybridized carbons (Fsp3) is 0.318. The molecule has 0 aliphatic heterocycles. The van der Waals surface area contributed by atoms with Crippen LogP contribution in [0.3, 0.4) is 0 Å². The zero-order chi connectivity index (χ0) is 20.8. The lowest BCUT2D eigenvalue weighted by Gasteiger charge is -2.08. The van der Waals surface area contributed by atoms with Gasteiger partial charge in [-0.2, -0.15) is 4.98 Å². The molecule has 1 amide bonds. The molecule has 0 fully saturated rings. The van der Waals surface area contributed by atoms with E-state index in [4.69, 9.17) is 14.0 Å². The zero-order valence-electron chi connectivity index (χ0n) is 17.1. The summed E-state index contributed by atoms with van der Waals surface area (Å²) in [5, 5.41) is 6.88. The van der Waals surface area contributed by atoms with Gasteiger partial charge in [-0.05, 0) is 41.8 Å². The average Bonchev–Trinajstić information content (AvgIpc) is 3.21. The van der Waals surface area contributed by atoms with Crippen LogP contribution < -0.4 is 14.8 Å². The van der Waals surface area contributed by atoms with Crippen LogP contribution in [0.5, 0.6) is 11.5 Å². The summed E-state index contributed by atoms with van der Waals surface area (Å²) in [7, 11) is 3.14. The molecule has 0 aliphatic carbocycles. The minimum Gasteiger partial charge on any atom is -0.493 e. The summed E-state index contributed by atoms with van der Waals surface area (Å²) in [5.41, 5.74) is 2.75. The summed E-state index contributed by atoms with van der Waals surface area (Å²) in [4.78, 5) is 16.6. The molecule has 7 heteroatoms. The van der Waals surface area contributed by atoms with Crippen LogP contribution in [-0.2, 0) is 11.2 Å². The fourth-order valence-corrected chi connectivity index (χ4v) is 2.84. The van der Waals surface area contributed by atoms with Gasteiger partial charge < -0.3 is 19.3 Å². The summed E-state index contributed by atoms with van der Waals surface area (Å²) in [5.74, 6) is 2.40. The number of hydrogen-bond acceptors (Lipinski definition) is 6. The van der Waals surface area contributed by atoms with Crippen LogP contribution >= 0.6 is 0 Å². The van der Waals surface area contributed by atoms with E-state index in [0.29, 0.717) is 35.6 Å². The Hall–Kier alpha value is -3.35. The highest BCUT2D eigenvalue weighted by atomic mass is 16.5. The molecule has 29 heavy (non-hydrogen) atoms. The smallest absolute Gasteiger partial charge is 0.227 e. The van der Waals surface area contributed by atoms with Gasteiger partial charge in [-0.1, -0.05) is 31.1 Å². The number of ether oxygens (including phenoxy) is 2. The third-order valence-electron chi connectivity index (χ3n) is 4.54. The number of amides is 1. The molecule has 3 aromatic rings. The van der Waals surface area contributed by atoms with Gasteiger partial charge in [0, 0.05) is 24.1 Å². The Morgan fingerprint density at radius 1 is 1.07 bits per heavy atom. The summed E-state index contributed by atoms with van der Waals surface area (Å²) in [6.45, 7) is 4.27. The fourth-order valence-electron chi connectivity index (χ4n) is 2.84. The van der Waals surface area contributed by atoms with Gasteiger partial charge in [0.15, 0.2) is 11.5 Å². The standard InChI is InChI=1S/C22H25N3O4/c1-14(2)15-5-8-17(9-6-15)23-20(26)11-12-21-24-22(25-29-21)16-7-10-18(27-3)19(13-16)28-4/h5-10,13-14H,11-12H2,1-4H3,(H,23,26). The molecule has 0 saturated heterocycles. The summed E-state index contributed by atoms with van der Waals surface area (Å²) in [6.07, 6.45) is 0.607. The molecule has 152 valence electrons. The highest BCUT2D eigenvalue weighted by Crippen LogP contribution is 2.31. The first kappa shape index (κ1) is 20.4. The molecule has 1 heterocycles. The lowest BCUT2D eigenvalue weighted by atomic mass is 10.0. The molecule has 7 nitrogen and oxygen atoms in total. The lowest BCUT2D eigenvalue weighted by molar-refractivity contribution is -0.116. The van der Waals surface area contributed by atoms with Gasteiger partial charge in [-0.25, -0.2) is 0 Å². The largest absolute Gasteiger partial charge is 0.493 e. The van der Waals surface area contributed by atoms with Gasteiger partial charge >= 0.3 is 0 Å². The van der Waals surface area contributed by atoms with Crippen molar-refractivity contribution in [3.63, 3.8) is 0 Å². The first-order chi connectivity index (χ1) is 14.0. The molecule has 0 radical (unpaired) electrons. The molecule has 0 spiro atoms. The monoisotopic (exact) mass is 395 g/mol. The predicted octanol–water partition coefficient (Wildman–Crippen LogP) is 4.45. The van der Waals surface area contributed by atoms with Crippen LogP contribution in [0, 0.1) is 0 Å². The normalized spacial score (nSPS) is 10.8.